The van der Waals surface area contributed by atoms with Gasteiger partial charge in [-0.2, -0.15) is 4.98 Å². The van der Waals surface area contributed by atoms with Crippen LogP contribution in [-0.4, -0.2) is 22.2 Å². The second-order valence-electron chi connectivity index (χ2n) is 5.90. The monoisotopic (exact) mass is 269 g/mol. The molecule has 2 aliphatic rings. The molecule has 1 N–H and O–H groups in total. The summed E-state index contributed by atoms with van der Waals surface area (Å²) in [6, 6.07) is 9.61. The lowest BCUT2D eigenvalue weighted by Crippen LogP contribution is -2.21. The quantitative estimate of drug-likeness (QED) is 0.930. The molecule has 20 heavy (non-hydrogen) atoms. The zero-order valence-corrected chi connectivity index (χ0v) is 11.7. The lowest BCUT2D eigenvalue weighted by molar-refractivity contribution is 0.329. The van der Waals surface area contributed by atoms with Gasteiger partial charge in [-0.3, -0.25) is 0 Å². The van der Waals surface area contributed by atoms with Crippen molar-refractivity contribution in [1.82, 2.24) is 15.5 Å². The van der Waals surface area contributed by atoms with E-state index < -0.39 is 0 Å². The van der Waals surface area contributed by atoms with Gasteiger partial charge in [-0.15, -0.1) is 0 Å². The van der Waals surface area contributed by atoms with Gasteiger partial charge in [0.25, 0.3) is 0 Å². The number of rotatable bonds is 3. The van der Waals surface area contributed by atoms with Crippen LogP contribution in [0.2, 0.25) is 0 Å². The van der Waals surface area contributed by atoms with Gasteiger partial charge >= 0.3 is 0 Å². The Kier molecular flexibility index (Phi) is 2.84. The summed E-state index contributed by atoms with van der Waals surface area (Å²) in [5.41, 5.74) is 2.36. The maximum absolute atomic E-state index is 5.51. The van der Waals surface area contributed by atoms with E-state index in [9.17, 15) is 0 Å². The Labute approximate surface area is 118 Å². The number of nitrogens with zero attached hydrogens (tertiary/aromatic N) is 2. The largest absolute Gasteiger partial charge is 0.339 e. The average molecular weight is 269 g/mol. The summed E-state index contributed by atoms with van der Waals surface area (Å²) in [6.07, 6.45) is 4.72. The van der Waals surface area contributed by atoms with Gasteiger partial charge in [0.2, 0.25) is 11.7 Å². The minimum absolute atomic E-state index is 0.407. The van der Waals surface area contributed by atoms with E-state index in [1.165, 1.54) is 18.4 Å². The van der Waals surface area contributed by atoms with Crippen molar-refractivity contribution >= 4 is 0 Å². The molecular weight excluding hydrogens is 250 g/mol. The van der Waals surface area contributed by atoms with Gasteiger partial charge < -0.3 is 9.84 Å². The van der Waals surface area contributed by atoms with Crippen molar-refractivity contribution in [3.8, 4) is 11.4 Å². The second kappa shape index (κ2) is 4.70. The van der Waals surface area contributed by atoms with Crippen LogP contribution in [0.25, 0.3) is 11.4 Å². The van der Waals surface area contributed by atoms with Crippen molar-refractivity contribution in [2.45, 2.75) is 50.6 Å². The first-order chi connectivity index (χ1) is 9.83. The van der Waals surface area contributed by atoms with E-state index in [4.69, 9.17) is 4.52 Å². The van der Waals surface area contributed by atoms with Crippen LogP contribution in [0.4, 0.5) is 0 Å². The predicted octanol–water partition coefficient (Wildman–Crippen LogP) is 2.91. The normalized spacial score (nSPS) is 28.1. The highest BCUT2D eigenvalue weighted by Gasteiger charge is 2.42. The van der Waals surface area contributed by atoms with Crippen LogP contribution in [-0.2, 0) is 6.42 Å². The molecule has 2 fully saturated rings. The van der Waals surface area contributed by atoms with E-state index in [2.05, 4.69) is 46.6 Å². The summed E-state index contributed by atoms with van der Waals surface area (Å²) >= 11 is 0. The van der Waals surface area contributed by atoms with E-state index >= 15 is 0 Å². The Balaban J connectivity index is 1.58. The first-order valence-electron chi connectivity index (χ1n) is 7.52. The maximum atomic E-state index is 5.51. The Morgan fingerprint density at radius 3 is 2.75 bits per heavy atom. The molecule has 2 aliphatic heterocycles. The SMILES string of the molecule is CCc1ccc(-c2noc(C3CC4CCC3N4)n2)cc1. The molecule has 0 aliphatic carbocycles. The molecule has 4 rings (SSSR count). The third-order valence-corrected chi connectivity index (χ3v) is 4.68. The van der Waals surface area contributed by atoms with Crippen molar-refractivity contribution in [2.75, 3.05) is 0 Å². The molecule has 0 amide bonds. The third-order valence-electron chi connectivity index (χ3n) is 4.68. The first-order valence-corrected chi connectivity index (χ1v) is 7.52. The fraction of sp³-hybridized carbons (Fsp3) is 0.500. The van der Waals surface area contributed by atoms with Crippen LogP contribution >= 0.6 is 0 Å². The van der Waals surface area contributed by atoms with Crippen molar-refractivity contribution in [3.63, 3.8) is 0 Å². The topological polar surface area (TPSA) is 51.0 Å². The first kappa shape index (κ1) is 12.1. The fourth-order valence-corrected chi connectivity index (χ4v) is 3.49. The van der Waals surface area contributed by atoms with Crippen molar-refractivity contribution in [1.29, 1.82) is 0 Å². The number of hydrogen-bond acceptors (Lipinski definition) is 4. The van der Waals surface area contributed by atoms with Crippen molar-refractivity contribution in [3.05, 3.63) is 35.7 Å². The number of hydrogen-bond donors (Lipinski definition) is 1. The zero-order valence-electron chi connectivity index (χ0n) is 11.7. The van der Waals surface area contributed by atoms with E-state index in [0.29, 0.717) is 23.8 Å². The standard InChI is InChI=1S/C16H19N3O/c1-2-10-3-5-11(6-4-10)15-18-16(20-19-15)13-9-12-7-8-14(13)17-12/h3-6,12-14,17H,2,7-9H2,1H3. The molecule has 2 bridgehead atoms. The van der Waals surface area contributed by atoms with Crippen LogP contribution in [0, 0.1) is 0 Å². The Hall–Kier alpha value is -1.68. The number of aromatic nitrogens is 2. The molecule has 104 valence electrons. The van der Waals surface area contributed by atoms with Gasteiger partial charge in [0, 0.05) is 17.6 Å². The van der Waals surface area contributed by atoms with E-state index in [1.807, 2.05) is 0 Å². The molecular formula is C16H19N3O. The molecule has 1 aromatic carbocycles. The van der Waals surface area contributed by atoms with Crippen LogP contribution in [0.15, 0.2) is 28.8 Å². The summed E-state index contributed by atoms with van der Waals surface area (Å²) in [5.74, 6) is 1.93. The lowest BCUT2D eigenvalue weighted by Gasteiger charge is -2.15. The molecule has 4 heteroatoms. The summed E-state index contributed by atoms with van der Waals surface area (Å²) in [4.78, 5) is 4.62. The third kappa shape index (κ3) is 1.95. The van der Waals surface area contributed by atoms with E-state index in [-0.39, 0.29) is 0 Å². The maximum Gasteiger partial charge on any atom is 0.231 e. The van der Waals surface area contributed by atoms with Gasteiger partial charge in [0.05, 0.1) is 5.92 Å². The molecule has 0 saturated carbocycles. The molecule has 0 spiro atoms. The van der Waals surface area contributed by atoms with Gasteiger partial charge in [-0.05, 0) is 31.2 Å². The van der Waals surface area contributed by atoms with Gasteiger partial charge in [-0.25, -0.2) is 0 Å². The van der Waals surface area contributed by atoms with Gasteiger partial charge in [-0.1, -0.05) is 36.3 Å². The molecule has 2 aromatic rings. The highest BCUT2D eigenvalue weighted by atomic mass is 16.5. The number of fused-ring (bicyclic) bond motifs is 2. The lowest BCUT2D eigenvalue weighted by atomic mass is 9.89. The number of nitrogens with one attached hydrogen (secondary N) is 1. The summed E-state index contributed by atoms with van der Waals surface area (Å²) in [6.45, 7) is 2.16. The smallest absolute Gasteiger partial charge is 0.231 e. The van der Waals surface area contributed by atoms with Crippen LogP contribution in [0.3, 0.4) is 0 Å². The second-order valence-corrected chi connectivity index (χ2v) is 5.90. The summed E-state index contributed by atoms with van der Waals surface area (Å²) in [7, 11) is 0. The van der Waals surface area contributed by atoms with E-state index in [1.54, 1.807) is 0 Å². The fourth-order valence-electron chi connectivity index (χ4n) is 3.49. The minimum Gasteiger partial charge on any atom is -0.339 e. The van der Waals surface area contributed by atoms with Crippen LogP contribution in [0.5, 0.6) is 0 Å². The summed E-state index contributed by atoms with van der Waals surface area (Å²) in [5, 5.41) is 7.77. The Morgan fingerprint density at radius 1 is 1.25 bits per heavy atom. The zero-order chi connectivity index (χ0) is 13.5. The number of aryl methyl sites for hydroxylation is 1. The highest BCUT2D eigenvalue weighted by molar-refractivity contribution is 5.54. The van der Waals surface area contributed by atoms with Crippen molar-refractivity contribution in [2.24, 2.45) is 0 Å². The minimum atomic E-state index is 0.407. The van der Waals surface area contributed by atoms with Crippen LogP contribution < -0.4 is 5.32 Å². The number of benzene rings is 1. The molecule has 0 radical (unpaired) electrons. The Morgan fingerprint density at radius 2 is 2.10 bits per heavy atom. The van der Waals surface area contributed by atoms with Crippen molar-refractivity contribution < 1.29 is 4.52 Å². The predicted molar refractivity (Wildman–Crippen MR) is 76.4 cm³/mol. The van der Waals surface area contributed by atoms with E-state index in [0.717, 1.165) is 24.3 Å². The van der Waals surface area contributed by atoms with Gasteiger partial charge in [0.15, 0.2) is 0 Å². The summed E-state index contributed by atoms with van der Waals surface area (Å²) < 4.78 is 5.51. The average Bonchev–Trinajstić information content (AvgIpc) is 3.23. The molecule has 2 saturated heterocycles. The van der Waals surface area contributed by atoms with Crippen LogP contribution in [0.1, 0.15) is 43.6 Å². The van der Waals surface area contributed by atoms with Gasteiger partial charge in [0.1, 0.15) is 0 Å². The highest BCUT2D eigenvalue weighted by Crippen LogP contribution is 2.39. The molecule has 1 aromatic heterocycles. The molecule has 3 unspecified atom stereocenters. The molecule has 4 nitrogen and oxygen atoms in total. The molecule has 3 heterocycles. The molecule has 3 atom stereocenters. The Bertz CT molecular complexity index is 604.